The normalized spacial score (nSPS) is 15.8. The fourth-order valence-corrected chi connectivity index (χ4v) is 5.73. The molecule has 0 atom stereocenters. The van der Waals surface area contributed by atoms with E-state index >= 15 is 0 Å². The molecule has 0 aromatic heterocycles. The zero-order chi connectivity index (χ0) is 18.7. The van der Waals surface area contributed by atoms with Crippen LogP contribution in [0.3, 0.4) is 0 Å². The molecule has 1 aliphatic heterocycles. The minimum Gasteiger partial charge on any atom is -0.508 e. The van der Waals surface area contributed by atoms with Crippen LogP contribution in [0.25, 0.3) is 0 Å². The average molecular weight is 360 g/mol. The van der Waals surface area contributed by atoms with Gasteiger partial charge in [0.25, 0.3) is 0 Å². The number of benzene rings is 2. The van der Waals surface area contributed by atoms with Gasteiger partial charge >= 0.3 is 0 Å². The molecule has 5 heteroatoms. The van der Waals surface area contributed by atoms with Crippen molar-refractivity contribution < 1.29 is 18.3 Å². The molecule has 0 amide bonds. The minimum atomic E-state index is -3.70. The Hall–Kier alpha value is -2.01. The summed E-state index contributed by atoms with van der Waals surface area (Å²) in [5.41, 5.74) is 3.54. The van der Waals surface area contributed by atoms with Crippen LogP contribution in [0, 0.1) is 27.7 Å². The second kappa shape index (κ2) is 5.49. The lowest BCUT2D eigenvalue weighted by molar-refractivity contribution is 0.137. The Labute approximate surface area is 149 Å². The van der Waals surface area contributed by atoms with E-state index in [0.717, 1.165) is 28.0 Å². The highest BCUT2D eigenvalue weighted by Gasteiger charge is 2.37. The Morgan fingerprint density at radius 3 is 2.28 bits per heavy atom. The molecule has 0 saturated heterocycles. The molecule has 2 aromatic rings. The molecule has 0 aliphatic carbocycles. The van der Waals surface area contributed by atoms with E-state index in [1.165, 1.54) is 18.2 Å². The lowest BCUT2D eigenvalue weighted by Gasteiger charge is -2.19. The van der Waals surface area contributed by atoms with Gasteiger partial charge in [-0.15, -0.1) is 0 Å². The van der Waals surface area contributed by atoms with Crippen molar-refractivity contribution >= 4 is 9.84 Å². The van der Waals surface area contributed by atoms with Crippen molar-refractivity contribution in [3.05, 3.63) is 46.0 Å². The average Bonchev–Trinajstić information content (AvgIpc) is 2.81. The van der Waals surface area contributed by atoms with Crippen molar-refractivity contribution in [2.24, 2.45) is 0 Å². The first kappa shape index (κ1) is 17.8. The number of phenolic OH excluding ortho intramolecular Hbond substituents is 1. The van der Waals surface area contributed by atoms with Crippen molar-refractivity contribution in [3.8, 4) is 11.5 Å². The summed E-state index contributed by atoms with van der Waals surface area (Å²) >= 11 is 0. The molecule has 2 aromatic carbocycles. The van der Waals surface area contributed by atoms with Crippen LogP contribution in [0.15, 0.2) is 28.0 Å². The van der Waals surface area contributed by atoms with Crippen molar-refractivity contribution in [3.63, 3.8) is 0 Å². The van der Waals surface area contributed by atoms with E-state index in [2.05, 4.69) is 0 Å². The van der Waals surface area contributed by atoms with E-state index in [1.807, 2.05) is 34.6 Å². The van der Waals surface area contributed by atoms with Crippen molar-refractivity contribution in [2.75, 3.05) is 0 Å². The Morgan fingerprint density at radius 2 is 1.68 bits per heavy atom. The van der Waals surface area contributed by atoms with E-state index in [9.17, 15) is 13.5 Å². The van der Waals surface area contributed by atoms with Gasteiger partial charge in [0.05, 0.1) is 9.79 Å². The summed E-state index contributed by atoms with van der Waals surface area (Å²) in [5, 5.41) is 9.60. The number of aromatic hydroxyl groups is 1. The van der Waals surface area contributed by atoms with Crippen LogP contribution >= 0.6 is 0 Å². The third kappa shape index (κ3) is 2.71. The predicted octanol–water partition coefficient (Wildman–Crippen LogP) is 4.17. The fraction of sp³-hybridized carbons (Fsp3) is 0.400. The molecule has 0 unspecified atom stereocenters. The number of phenols is 1. The van der Waals surface area contributed by atoms with Crippen molar-refractivity contribution in [2.45, 2.75) is 63.4 Å². The number of sulfone groups is 1. The molecule has 1 heterocycles. The van der Waals surface area contributed by atoms with Crippen LogP contribution in [0.1, 0.15) is 41.7 Å². The summed E-state index contributed by atoms with van der Waals surface area (Å²) in [7, 11) is -3.70. The Bertz CT molecular complexity index is 985. The second-order valence-electron chi connectivity index (χ2n) is 7.50. The highest BCUT2D eigenvalue weighted by Crippen LogP contribution is 2.45. The van der Waals surface area contributed by atoms with E-state index in [4.69, 9.17) is 4.74 Å². The Kier molecular flexibility index (Phi) is 3.91. The molecular formula is C20H24O4S. The van der Waals surface area contributed by atoms with Gasteiger partial charge in [0.1, 0.15) is 17.1 Å². The standard InChI is InChI=1S/C20H24O4S/c1-11-9-15(21)7-8-17(11)25(22,23)19-13(3)12(2)18-16(14(19)4)10-20(5,6)24-18/h7-9,21H,10H2,1-6H3. The van der Waals surface area contributed by atoms with Gasteiger partial charge in [-0.05, 0) is 82.0 Å². The number of fused-ring (bicyclic) bond motifs is 1. The lowest BCUT2D eigenvalue weighted by Crippen LogP contribution is -2.24. The molecule has 25 heavy (non-hydrogen) atoms. The molecule has 0 bridgehead atoms. The van der Waals surface area contributed by atoms with Gasteiger partial charge in [-0.2, -0.15) is 0 Å². The summed E-state index contributed by atoms with van der Waals surface area (Å²) in [5.74, 6) is 0.881. The van der Waals surface area contributed by atoms with Crippen LogP contribution in [-0.4, -0.2) is 19.1 Å². The van der Waals surface area contributed by atoms with Gasteiger partial charge in [0.15, 0.2) is 0 Å². The number of aryl methyl sites for hydroxylation is 1. The van der Waals surface area contributed by atoms with Gasteiger partial charge in [0.2, 0.25) is 9.84 Å². The van der Waals surface area contributed by atoms with Crippen LogP contribution in [-0.2, 0) is 16.3 Å². The molecule has 0 fully saturated rings. The second-order valence-corrected chi connectivity index (χ2v) is 9.36. The highest BCUT2D eigenvalue weighted by molar-refractivity contribution is 7.91. The smallest absolute Gasteiger partial charge is 0.207 e. The van der Waals surface area contributed by atoms with Gasteiger partial charge in [-0.1, -0.05) is 0 Å². The van der Waals surface area contributed by atoms with E-state index in [-0.39, 0.29) is 16.2 Å². The van der Waals surface area contributed by atoms with Crippen LogP contribution in [0.4, 0.5) is 0 Å². The largest absolute Gasteiger partial charge is 0.508 e. The maximum absolute atomic E-state index is 13.4. The van der Waals surface area contributed by atoms with Gasteiger partial charge in [-0.3, -0.25) is 0 Å². The zero-order valence-electron chi connectivity index (χ0n) is 15.5. The maximum Gasteiger partial charge on any atom is 0.207 e. The monoisotopic (exact) mass is 360 g/mol. The molecule has 3 rings (SSSR count). The first-order chi connectivity index (χ1) is 11.5. The number of hydrogen-bond acceptors (Lipinski definition) is 4. The highest BCUT2D eigenvalue weighted by atomic mass is 32.2. The predicted molar refractivity (Wildman–Crippen MR) is 97.4 cm³/mol. The third-order valence-electron chi connectivity index (χ3n) is 5.01. The van der Waals surface area contributed by atoms with Crippen LogP contribution < -0.4 is 4.74 Å². The van der Waals surface area contributed by atoms with Gasteiger partial charge in [0, 0.05) is 12.0 Å². The summed E-state index contributed by atoms with van der Waals surface area (Å²) in [6.45, 7) is 11.3. The molecular weight excluding hydrogens is 336 g/mol. The van der Waals surface area contributed by atoms with Crippen molar-refractivity contribution in [1.29, 1.82) is 0 Å². The molecule has 0 spiro atoms. The topological polar surface area (TPSA) is 63.6 Å². The molecule has 0 radical (unpaired) electrons. The lowest BCUT2D eigenvalue weighted by atomic mass is 9.94. The Morgan fingerprint density at radius 1 is 1.04 bits per heavy atom. The van der Waals surface area contributed by atoms with E-state index < -0.39 is 9.84 Å². The Balaban J connectivity index is 2.30. The maximum atomic E-state index is 13.4. The first-order valence-electron chi connectivity index (χ1n) is 8.32. The van der Waals surface area contributed by atoms with Crippen LogP contribution in [0.2, 0.25) is 0 Å². The third-order valence-corrected chi connectivity index (χ3v) is 7.20. The summed E-state index contributed by atoms with van der Waals surface area (Å²) in [6.07, 6.45) is 0.687. The number of rotatable bonds is 2. The summed E-state index contributed by atoms with van der Waals surface area (Å²) in [4.78, 5) is 0.591. The molecule has 134 valence electrons. The van der Waals surface area contributed by atoms with Crippen molar-refractivity contribution in [1.82, 2.24) is 0 Å². The number of hydrogen-bond donors (Lipinski definition) is 1. The fourth-order valence-electron chi connectivity index (χ4n) is 3.69. The summed E-state index contributed by atoms with van der Waals surface area (Å²) < 4.78 is 32.9. The quantitative estimate of drug-likeness (QED) is 0.873. The number of ether oxygens (including phenoxy) is 1. The minimum absolute atomic E-state index is 0.0603. The first-order valence-corrected chi connectivity index (χ1v) is 9.80. The molecule has 0 saturated carbocycles. The van der Waals surface area contributed by atoms with Gasteiger partial charge < -0.3 is 9.84 Å². The molecule has 4 nitrogen and oxygen atoms in total. The van der Waals surface area contributed by atoms with Gasteiger partial charge in [-0.25, -0.2) is 8.42 Å². The molecule has 1 N–H and O–H groups in total. The summed E-state index contributed by atoms with van der Waals surface area (Å²) in [6, 6.07) is 4.36. The van der Waals surface area contributed by atoms with E-state index in [1.54, 1.807) is 6.92 Å². The van der Waals surface area contributed by atoms with Crippen LogP contribution in [0.5, 0.6) is 11.5 Å². The SMILES string of the molecule is Cc1cc(O)ccc1S(=O)(=O)c1c(C)c(C)c2c(c1C)CC(C)(C)O2. The zero-order valence-corrected chi connectivity index (χ0v) is 16.3. The van der Waals surface area contributed by atoms with E-state index in [0.29, 0.717) is 16.9 Å². The molecule has 1 aliphatic rings.